The molecule has 4 bridgehead atoms. The van der Waals surface area contributed by atoms with Crippen molar-refractivity contribution < 1.29 is 19.7 Å². The number of piperidine rings is 1. The zero-order valence-electron chi connectivity index (χ0n) is 18.8. The van der Waals surface area contributed by atoms with Gasteiger partial charge in [0.25, 0.3) is 0 Å². The maximum Gasteiger partial charge on any atom is 0.165 e. The molecule has 2 spiro atoms. The smallest absolute Gasteiger partial charge is 0.165 e. The molecule has 1 aromatic carbocycles. The van der Waals surface area contributed by atoms with Gasteiger partial charge < -0.3 is 25.0 Å². The molecule has 2 heterocycles. The van der Waals surface area contributed by atoms with Gasteiger partial charge in [0.15, 0.2) is 11.5 Å². The van der Waals surface area contributed by atoms with Crippen LogP contribution >= 0.6 is 0 Å². The first kappa shape index (κ1) is 19.4. The van der Waals surface area contributed by atoms with Gasteiger partial charge in [0.05, 0.1) is 5.60 Å². The highest BCUT2D eigenvalue weighted by molar-refractivity contribution is 5.63. The van der Waals surface area contributed by atoms with Crippen molar-refractivity contribution in [3.63, 3.8) is 0 Å². The molecule has 164 valence electrons. The number of nitrogens with one attached hydrogen (secondary N) is 1. The third-order valence-corrected chi connectivity index (χ3v) is 10.4. The third-order valence-electron chi connectivity index (χ3n) is 10.4. The Kier molecular flexibility index (Phi) is 3.46. The predicted molar refractivity (Wildman–Crippen MR) is 114 cm³/mol. The number of aliphatic hydroxyl groups is 1. The summed E-state index contributed by atoms with van der Waals surface area (Å²) in [5.41, 5.74) is 0.658. The molecule has 1 aromatic rings. The van der Waals surface area contributed by atoms with Gasteiger partial charge in [-0.15, -0.1) is 0 Å². The molecule has 7 atom stereocenters. The molecule has 2 unspecified atom stereocenters. The minimum absolute atomic E-state index is 0.0160. The molecule has 0 amide bonds. The third kappa shape index (κ3) is 1.77. The van der Waals surface area contributed by atoms with Crippen molar-refractivity contribution in [1.82, 2.24) is 5.32 Å². The summed E-state index contributed by atoms with van der Waals surface area (Å²) < 4.78 is 13.2. The van der Waals surface area contributed by atoms with Crippen LogP contribution in [0, 0.1) is 16.7 Å². The van der Waals surface area contributed by atoms with E-state index in [0.29, 0.717) is 11.8 Å². The Bertz CT molecular complexity index is 936. The second kappa shape index (κ2) is 5.36. The van der Waals surface area contributed by atoms with Crippen LogP contribution in [0.1, 0.15) is 64.5 Å². The Morgan fingerprint density at radius 3 is 2.63 bits per heavy atom. The van der Waals surface area contributed by atoms with Crippen molar-refractivity contribution in [3.8, 4) is 11.5 Å². The first-order valence-corrected chi connectivity index (χ1v) is 11.6. The number of aromatic hydroxyl groups is 1. The zero-order chi connectivity index (χ0) is 21.3. The molecule has 30 heavy (non-hydrogen) atoms. The van der Waals surface area contributed by atoms with E-state index < -0.39 is 11.2 Å². The summed E-state index contributed by atoms with van der Waals surface area (Å²) in [6.45, 7) is 9.33. The monoisotopic (exact) mass is 413 g/mol. The van der Waals surface area contributed by atoms with Crippen LogP contribution in [-0.4, -0.2) is 47.2 Å². The number of fused-ring (bicyclic) bond motifs is 2. The van der Waals surface area contributed by atoms with Crippen LogP contribution < -0.4 is 10.1 Å². The molecule has 4 aliphatic carbocycles. The fourth-order valence-corrected chi connectivity index (χ4v) is 8.53. The van der Waals surface area contributed by atoms with E-state index in [4.69, 9.17) is 9.47 Å². The molecule has 1 saturated heterocycles. The number of phenols is 1. The van der Waals surface area contributed by atoms with Crippen molar-refractivity contribution in [2.24, 2.45) is 16.7 Å². The van der Waals surface area contributed by atoms with Crippen LogP contribution in [0.4, 0.5) is 0 Å². The Hall–Kier alpha value is -1.30. The molecule has 5 heteroatoms. The van der Waals surface area contributed by atoms with E-state index in [-0.39, 0.29) is 34.0 Å². The summed E-state index contributed by atoms with van der Waals surface area (Å²) in [5, 5.41) is 26.6. The molecular weight excluding hydrogens is 378 g/mol. The van der Waals surface area contributed by atoms with Crippen LogP contribution in [-0.2, 0) is 16.6 Å². The van der Waals surface area contributed by atoms with Gasteiger partial charge in [-0.2, -0.15) is 0 Å². The van der Waals surface area contributed by atoms with Crippen molar-refractivity contribution in [2.45, 2.75) is 88.6 Å². The lowest BCUT2D eigenvalue weighted by atomic mass is 9.33. The fraction of sp³-hybridized carbons (Fsp3) is 0.760. The van der Waals surface area contributed by atoms with Crippen LogP contribution in [0.25, 0.3) is 0 Å². The Morgan fingerprint density at radius 1 is 1.17 bits per heavy atom. The average Bonchev–Trinajstić information content (AvgIpc) is 3.05. The number of hydrogen-bond acceptors (Lipinski definition) is 5. The lowest BCUT2D eigenvalue weighted by Gasteiger charge is -2.74. The second-order valence-corrected chi connectivity index (χ2v) is 11.8. The molecular formula is C25H35NO4. The van der Waals surface area contributed by atoms with Crippen molar-refractivity contribution in [2.75, 3.05) is 13.7 Å². The molecule has 3 N–H and O–H groups in total. The van der Waals surface area contributed by atoms with Gasteiger partial charge in [0, 0.05) is 35.5 Å². The molecule has 6 aliphatic rings. The van der Waals surface area contributed by atoms with Gasteiger partial charge in [-0.3, -0.25) is 0 Å². The van der Waals surface area contributed by atoms with Crippen molar-refractivity contribution >= 4 is 0 Å². The van der Waals surface area contributed by atoms with Gasteiger partial charge in [0.2, 0.25) is 0 Å². The highest BCUT2D eigenvalue weighted by atomic mass is 16.6. The van der Waals surface area contributed by atoms with Gasteiger partial charge in [0.1, 0.15) is 11.7 Å². The number of phenolic OH excluding ortho intramolecular Hbond substituents is 1. The Labute approximate surface area is 179 Å². The first-order valence-electron chi connectivity index (χ1n) is 11.6. The van der Waals surface area contributed by atoms with Crippen LogP contribution in [0.3, 0.4) is 0 Å². The molecule has 0 aromatic heterocycles. The Morgan fingerprint density at radius 2 is 1.93 bits per heavy atom. The minimum atomic E-state index is -0.910. The normalized spacial score (nSPS) is 44.9. The number of methoxy groups -OCH3 is 1. The minimum Gasteiger partial charge on any atom is -0.504 e. The number of benzene rings is 1. The summed E-state index contributed by atoms with van der Waals surface area (Å²) in [6, 6.07) is 4.26. The van der Waals surface area contributed by atoms with E-state index in [1.54, 1.807) is 13.2 Å². The maximum atomic E-state index is 12.0. The molecule has 3 saturated carbocycles. The second-order valence-electron chi connectivity index (χ2n) is 11.8. The topological polar surface area (TPSA) is 71.0 Å². The highest BCUT2D eigenvalue weighted by Gasteiger charge is 2.81. The fourth-order valence-electron chi connectivity index (χ4n) is 8.53. The number of ether oxygens (including phenoxy) is 2. The quantitative estimate of drug-likeness (QED) is 0.694. The standard InChI is InChI=1S/C25H35NO4/c1-21(2,3)22(4,28)16-13-23-8-9-25(16,29-5)20-24(23)10-11-26-17(23)12-14-6-7-15(27)19(30-20)18(14)24/h6-7,16-17,20,26-28H,8-13H2,1-5H3/t16-,17-,20-,22?,23+,24+,25?/m1/s1. The summed E-state index contributed by atoms with van der Waals surface area (Å²) >= 11 is 0. The van der Waals surface area contributed by atoms with E-state index in [2.05, 4.69) is 32.2 Å². The van der Waals surface area contributed by atoms with Crippen LogP contribution in [0.5, 0.6) is 11.5 Å². The van der Waals surface area contributed by atoms with Gasteiger partial charge >= 0.3 is 0 Å². The largest absolute Gasteiger partial charge is 0.504 e. The Balaban J connectivity index is 1.65. The summed E-state index contributed by atoms with van der Waals surface area (Å²) in [7, 11) is 1.80. The van der Waals surface area contributed by atoms with E-state index in [1.165, 1.54) is 11.1 Å². The lowest BCUT2D eigenvalue weighted by Crippen LogP contribution is -2.83. The van der Waals surface area contributed by atoms with Crippen molar-refractivity contribution in [1.29, 1.82) is 0 Å². The SMILES string of the molecule is COC12CC[C@]3(C[C@@H]1C(C)(O)C(C)(C)C)[C@H]1Cc4ccc(O)c5c4[C@@]3(CCN1)[C@H]2O5. The number of rotatable bonds is 2. The zero-order valence-corrected chi connectivity index (χ0v) is 18.8. The summed E-state index contributed by atoms with van der Waals surface area (Å²) in [4.78, 5) is 0. The molecule has 4 fully saturated rings. The van der Waals surface area contributed by atoms with Crippen molar-refractivity contribution in [3.05, 3.63) is 23.3 Å². The van der Waals surface area contributed by atoms with Crippen LogP contribution in [0.2, 0.25) is 0 Å². The molecule has 7 rings (SSSR count). The highest BCUT2D eigenvalue weighted by Crippen LogP contribution is 2.77. The van der Waals surface area contributed by atoms with Gasteiger partial charge in [-0.05, 0) is 62.6 Å². The average molecular weight is 414 g/mol. The van der Waals surface area contributed by atoms with E-state index in [1.807, 2.05) is 6.92 Å². The summed E-state index contributed by atoms with van der Waals surface area (Å²) in [5.74, 6) is 0.887. The first-order chi connectivity index (χ1) is 14.1. The van der Waals surface area contributed by atoms with Crippen LogP contribution in [0.15, 0.2) is 12.1 Å². The van der Waals surface area contributed by atoms with Gasteiger partial charge in [-0.1, -0.05) is 26.8 Å². The van der Waals surface area contributed by atoms with E-state index >= 15 is 0 Å². The lowest BCUT2D eigenvalue weighted by molar-refractivity contribution is -0.303. The van der Waals surface area contributed by atoms with E-state index in [0.717, 1.165) is 38.6 Å². The predicted octanol–water partition coefficient (Wildman–Crippen LogP) is 3.29. The maximum absolute atomic E-state index is 12.0. The molecule has 5 nitrogen and oxygen atoms in total. The number of hydrogen-bond donors (Lipinski definition) is 3. The van der Waals surface area contributed by atoms with Gasteiger partial charge in [-0.25, -0.2) is 0 Å². The van der Waals surface area contributed by atoms with E-state index in [9.17, 15) is 10.2 Å². The molecule has 0 radical (unpaired) electrons. The molecule has 2 aliphatic heterocycles. The summed E-state index contributed by atoms with van der Waals surface area (Å²) in [6.07, 6.45) is 4.66.